The van der Waals surface area contributed by atoms with Crippen LogP contribution >= 0.6 is 0 Å². The van der Waals surface area contributed by atoms with E-state index in [1.165, 1.54) is 0 Å². The molecule has 0 aliphatic heterocycles. The molecule has 1 heterocycles. The van der Waals surface area contributed by atoms with Crippen LogP contribution in [0.5, 0.6) is 0 Å². The number of amides is 1. The third kappa shape index (κ3) is 2.47. The Balaban J connectivity index is 2.14. The normalized spacial score (nSPS) is 10.6. The molecular weight excluding hydrogens is 271 g/mol. The Morgan fingerprint density at radius 2 is 2.31 bits per heavy atom. The van der Waals surface area contributed by atoms with E-state index in [0.29, 0.717) is 19.4 Å². The molecule has 2 aromatic rings. The van der Waals surface area contributed by atoms with E-state index in [2.05, 4.69) is 13.3 Å². The fraction of sp³-hybridized carbons (Fsp3) is 0.300. The van der Waals surface area contributed by atoms with Crippen molar-refractivity contribution in [3.8, 4) is 0 Å². The summed E-state index contributed by atoms with van der Waals surface area (Å²) in [5, 5.41) is 2.84. The molecule has 16 heavy (non-hydrogen) atoms. The molecule has 1 amide bonds. The van der Waals surface area contributed by atoms with Crippen LogP contribution in [-0.4, -0.2) is 35.4 Å². The molecular formula is C10H12N4OSe. The van der Waals surface area contributed by atoms with Crippen LogP contribution in [0.1, 0.15) is 12.8 Å². The summed E-state index contributed by atoms with van der Waals surface area (Å²) in [6.07, 6.45) is 1.15. The van der Waals surface area contributed by atoms with Gasteiger partial charge in [-0.2, -0.15) is 0 Å². The average molecular weight is 283 g/mol. The fourth-order valence-electron chi connectivity index (χ4n) is 1.38. The maximum absolute atomic E-state index is 11.5. The molecule has 0 fully saturated rings. The summed E-state index contributed by atoms with van der Waals surface area (Å²) in [7, 11) is 0. The van der Waals surface area contributed by atoms with Gasteiger partial charge in [0.25, 0.3) is 0 Å². The van der Waals surface area contributed by atoms with Gasteiger partial charge in [0.15, 0.2) is 0 Å². The van der Waals surface area contributed by atoms with E-state index in [-0.39, 0.29) is 20.9 Å². The van der Waals surface area contributed by atoms with E-state index in [9.17, 15) is 4.79 Å². The predicted molar refractivity (Wildman–Crippen MR) is 63.4 cm³/mol. The first-order valence-corrected chi connectivity index (χ1v) is 6.55. The Hall–Kier alpha value is -1.23. The third-order valence-electron chi connectivity index (χ3n) is 2.17. The summed E-state index contributed by atoms with van der Waals surface area (Å²) in [6, 6.07) is 5.63. The number of benzene rings is 1. The number of hydrogen-bond acceptors (Lipinski definition) is 4. The van der Waals surface area contributed by atoms with Crippen molar-refractivity contribution in [1.29, 1.82) is 0 Å². The minimum atomic E-state index is -0.0690. The van der Waals surface area contributed by atoms with Crippen molar-refractivity contribution in [2.45, 2.75) is 12.8 Å². The number of nitrogens with one attached hydrogen (secondary N) is 1. The molecule has 0 bridgehead atoms. The van der Waals surface area contributed by atoms with E-state index < -0.39 is 0 Å². The van der Waals surface area contributed by atoms with Crippen LogP contribution in [-0.2, 0) is 4.79 Å². The molecule has 5 nitrogen and oxygen atoms in total. The molecule has 0 saturated heterocycles. The molecule has 3 N–H and O–H groups in total. The molecule has 0 aliphatic rings. The topological polar surface area (TPSA) is 80.9 Å². The van der Waals surface area contributed by atoms with Crippen LogP contribution in [0.3, 0.4) is 0 Å². The van der Waals surface area contributed by atoms with Gasteiger partial charge in [-0.05, 0) is 0 Å². The molecule has 0 spiro atoms. The van der Waals surface area contributed by atoms with E-state index in [0.717, 1.165) is 16.7 Å². The van der Waals surface area contributed by atoms with E-state index in [1.54, 1.807) is 0 Å². The second-order valence-electron chi connectivity index (χ2n) is 3.38. The van der Waals surface area contributed by atoms with Crippen LogP contribution in [0.2, 0.25) is 0 Å². The van der Waals surface area contributed by atoms with Gasteiger partial charge < -0.3 is 0 Å². The third-order valence-corrected chi connectivity index (χ3v) is 3.31. The number of aromatic nitrogens is 2. The second kappa shape index (κ2) is 5.20. The first kappa shape index (κ1) is 11.3. The van der Waals surface area contributed by atoms with Gasteiger partial charge in [0.05, 0.1) is 0 Å². The number of fused-ring (bicyclic) bond motifs is 1. The second-order valence-corrected chi connectivity index (χ2v) is 4.49. The SMILES string of the molecule is NCCCC(=O)Nc1cccc2n[se]nc12. The molecule has 0 atom stereocenters. The van der Waals surface area contributed by atoms with Gasteiger partial charge in [0.1, 0.15) is 0 Å². The summed E-state index contributed by atoms with van der Waals surface area (Å²) >= 11 is -0.0690. The van der Waals surface area contributed by atoms with Gasteiger partial charge in [-0.25, -0.2) is 0 Å². The van der Waals surface area contributed by atoms with Gasteiger partial charge in [-0.3, -0.25) is 0 Å². The molecule has 0 saturated carbocycles. The summed E-state index contributed by atoms with van der Waals surface area (Å²) in [5.41, 5.74) is 7.78. The van der Waals surface area contributed by atoms with Crippen molar-refractivity contribution in [2.24, 2.45) is 5.73 Å². The Labute approximate surface area is 99.3 Å². The molecule has 1 aromatic heterocycles. The predicted octanol–water partition coefficient (Wildman–Crippen LogP) is 0.364. The summed E-state index contributed by atoms with van der Waals surface area (Å²) < 4.78 is 8.54. The van der Waals surface area contributed by atoms with Crippen molar-refractivity contribution in [2.75, 3.05) is 11.9 Å². The Morgan fingerprint density at radius 1 is 1.44 bits per heavy atom. The monoisotopic (exact) mass is 284 g/mol. The molecule has 0 unspecified atom stereocenters. The van der Waals surface area contributed by atoms with Crippen molar-refractivity contribution in [3.05, 3.63) is 18.2 Å². The molecule has 6 heteroatoms. The molecule has 0 radical (unpaired) electrons. The van der Waals surface area contributed by atoms with Gasteiger partial charge in [-0.1, -0.05) is 0 Å². The van der Waals surface area contributed by atoms with Gasteiger partial charge in [-0.15, -0.1) is 0 Å². The van der Waals surface area contributed by atoms with Gasteiger partial charge >= 0.3 is 99.0 Å². The summed E-state index contributed by atoms with van der Waals surface area (Å²) in [5.74, 6) is -0.0200. The van der Waals surface area contributed by atoms with Crippen molar-refractivity contribution in [1.82, 2.24) is 7.96 Å². The van der Waals surface area contributed by atoms with E-state index in [1.807, 2.05) is 18.2 Å². The van der Waals surface area contributed by atoms with Crippen LogP contribution in [0.25, 0.3) is 11.0 Å². The Morgan fingerprint density at radius 3 is 3.12 bits per heavy atom. The summed E-state index contributed by atoms with van der Waals surface area (Å²) in [4.78, 5) is 11.5. The van der Waals surface area contributed by atoms with Crippen molar-refractivity contribution >= 4 is 37.6 Å². The maximum atomic E-state index is 11.5. The van der Waals surface area contributed by atoms with Crippen LogP contribution in [0.4, 0.5) is 5.69 Å². The van der Waals surface area contributed by atoms with Crippen molar-refractivity contribution in [3.63, 3.8) is 0 Å². The number of anilines is 1. The molecule has 84 valence electrons. The Kier molecular flexibility index (Phi) is 3.66. The number of nitrogens with zero attached hydrogens (tertiary/aromatic N) is 2. The zero-order valence-corrected chi connectivity index (χ0v) is 10.4. The zero-order valence-electron chi connectivity index (χ0n) is 8.64. The molecule has 1 aromatic carbocycles. The van der Waals surface area contributed by atoms with Gasteiger partial charge in [0, 0.05) is 0 Å². The molecule has 0 aliphatic carbocycles. The van der Waals surface area contributed by atoms with Gasteiger partial charge in [0.2, 0.25) is 0 Å². The van der Waals surface area contributed by atoms with Crippen LogP contribution in [0, 0.1) is 0 Å². The standard InChI is InChI=1S/C10H12N4OSe/c11-6-2-5-9(15)12-7-3-1-4-8-10(7)14-16-13-8/h1,3-4H,2,5-6,11H2,(H,12,15). The number of nitrogens with two attached hydrogens (primary N) is 1. The first-order chi connectivity index (χ1) is 7.81. The minimum absolute atomic E-state index is 0.0200. The number of hydrogen-bond donors (Lipinski definition) is 2. The number of carbonyl (C=O) groups excluding carboxylic acids is 1. The average Bonchev–Trinajstić information content (AvgIpc) is 2.75. The van der Waals surface area contributed by atoms with E-state index >= 15 is 0 Å². The number of carbonyl (C=O) groups is 1. The van der Waals surface area contributed by atoms with Crippen LogP contribution in [0.15, 0.2) is 18.2 Å². The molecule has 2 rings (SSSR count). The van der Waals surface area contributed by atoms with Crippen molar-refractivity contribution < 1.29 is 4.79 Å². The van der Waals surface area contributed by atoms with Crippen LogP contribution < -0.4 is 11.1 Å². The Bertz CT molecular complexity index is 496. The summed E-state index contributed by atoms with van der Waals surface area (Å²) in [6.45, 7) is 0.531. The fourth-order valence-corrected chi connectivity index (χ4v) is 2.54. The van der Waals surface area contributed by atoms with E-state index in [4.69, 9.17) is 5.73 Å². The number of rotatable bonds is 4. The quantitative estimate of drug-likeness (QED) is 0.794. The first-order valence-electron chi connectivity index (χ1n) is 5.02. The zero-order chi connectivity index (χ0) is 11.4.